The molecule has 1 aromatic carbocycles. The first kappa shape index (κ1) is 9.90. The van der Waals surface area contributed by atoms with Crippen LogP contribution in [0, 0.1) is 5.82 Å². The lowest BCUT2D eigenvalue weighted by atomic mass is 9.97. The standard InChI is InChI=1S/C12H12FNO/c1-8(2)9-4-3-5-10(13)11(9)12-14-6-7-15-12/h3-8H,1-2H3. The minimum Gasteiger partial charge on any atom is -0.444 e. The number of oxazole rings is 1. The Balaban J connectivity index is 2.63. The fourth-order valence-corrected chi connectivity index (χ4v) is 1.59. The molecule has 1 heterocycles. The highest BCUT2D eigenvalue weighted by molar-refractivity contribution is 5.60. The molecule has 2 aromatic rings. The zero-order valence-electron chi connectivity index (χ0n) is 8.70. The van der Waals surface area contributed by atoms with Crippen molar-refractivity contribution in [3.05, 3.63) is 42.0 Å². The van der Waals surface area contributed by atoms with Crippen LogP contribution in [0.2, 0.25) is 0 Å². The molecular formula is C12H12FNO. The molecule has 0 radical (unpaired) electrons. The van der Waals surface area contributed by atoms with Crippen molar-refractivity contribution in [2.24, 2.45) is 0 Å². The summed E-state index contributed by atoms with van der Waals surface area (Å²) in [6.07, 6.45) is 2.97. The molecule has 78 valence electrons. The van der Waals surface area contributed by atoms with Gasteiger partial charge in [0.05, 0.1) is 11.8 Å². The van der Waals surface area contributed by atoms with E-state index in [0.29, 0.717) is 11.5 Å². The fourth-order valence-electron chi connectivity index (χ4n) is 1.59. The van der Waals surface area contributed by atoms with Crippen LogP contribution in [0.4, 0.5) is 4.39 Å². The first-order valence-electron chi connectivity index (χ1n) is 4.88. The molecule has 0 saturated carbocycles. The van der Waals surface area contributed by atoms with Crippen LogP contribution >= 0.6 is 0 Å². The maximum absolute atomic E-state index is 13.7. The van der Waals surface area contributed by atoms with Crippen LogP contribution in [0.5, 0.6) is 0 Å². The van der Waals surface area contributed by atoms with Gasteiger partial charge in [0.15, 0.2) is 0 Å². The molecule has 0 aliphatic heterocycles. The Kier molecular flexibility index (Phi) is 2.54. The first-order valence-corrected chi connectivity index (χ1v) is 4.88. The monoisotopic (exact) mass is 205 g/mol. The van der Waals surface area contributed by atoms with Crippen molar-refractivity contribution in [1.82, 2.24) is 4.98 Å². The van der Waals surface area contributed by atoms with E-state index in [0.717, 1.165) is 5.56 Å². The summed E-state index contributed by atoms with van der Waals surface area (Å²) in [7, 11) is 0. The van der Waals surface area contributed by atoms with Crippen LogP contribution < -0.4 is 0 Å². The van der Waals surface area contributed by atoms with E-state index in [9.17, 15) is 4.39 Å². The Hall–Kier alpha value is -1.64. The minimum absolute atomic E-state index is 0.239. The largest absolute Gasteiger partial charge is 0.444 e. The summed E-state index contributed by atoms with van der Waals surface area (Å²) in [5, 5.41) is 0. The predicted octanol–water partition coefficient (Wildman–Crippen LogP) is 3.60. The highest BCUT2D eigenvalue weighted by Gasteiger charge is 2.16. The summed E-state index contributed by atoms with van der Waals surface area (Å²) in [5.41, 5.74) is 1.38. The molecule has 0 fully saturated rings. The van der Waals surface area contributed by atoms with Crippen LogP contribution in [0.15, 0.2) is 35.1 Å². The number of nitrogens with zero attached hydrogens (tertiary/aromatic N) is 1. The molecule has 0 aliphatic rings. The van der Waals surface area contributed by atoms with Gasteiger partial charge >= 0.3 is 0 Å². The van der Waals surface area contributed by atoms with E-state index < -0.39 is 0 Å². The van der Waals surface area contributed by atoms with E-state index in [1.54, 1.807) is 6.07 Å². The number of halogens is 1. The molecule has 3 heteroatoms. The maximum Gasteiger partial charge on any atom is 0.229 e. The van der Waals surface area contributed by atoms with Gasteiger partial charge in [0.1, 0.15) is 12.1 Å². The third kappa shape index (κ3) is 1.77. The normalized spacial score (nSPS) is 10.9. The number of hydrogen-bond acceptors (Lipinski definition) is 2. The zero-order chi connectivity index (χ0) is 10.8. The molecule has 2 nitrogen and oxygen atoms in total. The molecule has 0 unspecified atom stereocenters. The van der Waals surface area contributed by atoms with Gasteiger partial charge in [-0.2, -0.15) is 0 Å². The molecule has 0 N–H and O–H groups in total. The average Bonchev–Trinajstić information content (AvgIpc) is 2.70. The Morgan fingerprint density at radius 1 is 1.33 bits per heavy atom. The first-order chi connectivity index (χ1) is 7.20. The van der Waals surface area contributed by atoms with E-state index in [1.165, 1.54) is 18.5 Å². The summed E-state index contributed by atoms with van der Waals surface area (Å²) < 4.78 is 18.8. The summed E-state index contributed by atoms with van der Waals surface area (Å²) in [4.78, 5) is 3.98. The lowest BCUT2D eigenvalue weighted by Gasteiger charge is -2.10. The van der Waals surface area contributed by atoms with Crippen molar-refractivity contribution in [1.29, 1.82) is 0 Å². The van der Waals surface area contributed by atoms with Gasteiger partial charge in [0, 0.05) is 0 Å². The average molecular weight is 205 g/mol. The van der Waals surface area contributed by atoms with E-state index in [2.05, 4.69) is 4.98 Å². The van der Waals surface area contributed by atoms with Gasteiger partial charge in [0.2, 0.25) is 5.89 Å². The summed E-state index contributed by atoms with van der Waals surface area (Å²) >= 11 is 0. The van der Waals surface area contributed by atoms with E-state index in [1.807, 2.05) is 19.9 Å². The third-order valence-electron chi connectivity index (χ3n) is 2.31. The molecule has 0 aliphatic carbocycles. The molecule has 15 heavy (non-hydrogen) atoms. The van der Waals surface area contributed by atoms with Crippen molar-refractivity contribution in [2.45, 2.75) is 19.8 Å². The molecule has 2 rings (SSSR count). The molecule has 1 aromatic heterocycles. The Bertz CT molecular complexity index is 449. The van der Waals surface area contributed by atoms with Gasteiger partial charge in [-0.3, -0.25) is 0 Å². The van der Waals surface area contributed by atoms with Gasteiger partial charge in [-0.15, -0.1) is 0 Å². The third-order valence-corrected chi connectivity index (χ3v) is 2.31. The fraction of sp³-hybridized carbons (Fsp3) is 0.250. The topological polar surface area (TPSA) is 26.0 Å². The number of rotatable bonds is 2. The van der Waals surface area contributed by atoms with E-state index in [4.69, 9.17) is 4.42 Å². The van der Waals surface area contributed by atoms with Gasteiger partial charge < -0.3 is 4.42 Å². The van der Waals surface area contributed by atoms with E-state index in [-0.39, 0.29) is 11.7 Å². The van der Waals surface area contributed by atoms with Gasteiger partial charge in [0.25, 0.3) is 0 Å². The summed E-state index contributed by atoms with van der Waals surface area (Å²) in [6, 6.07) is 5.02. The molecule has 0 spiro atoms. The number of hydrogen-bond donors (Lipinski definition) is 0. The van der Waals surface area contributed by atoms with Crippen LogP contribution in [-0.2, 0) is 0 Å². The second-order valence-electron chi connectivity index (χ2n) is 3.70. The second kappa shape index (κ2) is 3.85. The second-order valence-corrected chi connectivity index (χ2v) is 3.70. The Labute approximate surface area is 87.8 Å². The Morgan fingerprint density at radius 2 is 2.13 bits per heavy atom. The maximum atomic E-state index is 13.7. The molecule has 0 bridgehead atoms. The van der Waals surface area contributed by atoms with Crippen molar-refractivity contribution in [2.75, 3.05) is 0 Å². The lowest BCUT2D eigenvalue weighted by molar-refractivity contribution is 0.559. The minimum atomic E-state index is -0.288. The summed E-state index contributed by atoms with van der Waals surface area (Å²) in [5.74, 6) is 0.294. The molecular weight excluding hydrogens is 193 g/mol. The smallest absolute Gasteiger partial charge is 0.229 e. The van der Waals surface area contributed by atoms with Crippen LogP contribution in [0.3, 0.4) is 0 Å². The van der Waals surface area contributed by atoms with Crippen LogP contribution in [0.1, 0.15) is 25.3 Å². The van der Waals surface area contributed by atoms with Gasteiger partial charge in [-0.1, -0.05) is 26.0 Å². The molecule has 0 amide bonds. The van der Waals surface area contributed by atoms with Crippen LogP contribution in [-0.4, -0.2) is 4.98 Å². The van der Waals surface area contributed by atoms with E-state index >= 15 is 0 Å². The number of benzene rings is 1. The lowest BCUT2D eigenvalue weighted by Crippen LogP contribution is -1.95. The van der Waals surface area contributed by atoms with Crippen molar-refractivity contribution < 1.29 is 8.81 Å². The predicted molar refractivity (Wildman–Crippen MR) is 56.0 cm³/mol. The van der Waals surface area contributed by atoms with Gasteiger partial charge in [-0.25, -0.2) is 9.37 Å². The Morgan fingerprint density at radius 3 is 2.73 bits per heavy atom. The zero-order valence-corrected chi connectivity index (χ0v) is 8.70. The summed E-state index contributed by atoms with van der Waals surface area (Å²) in [6.45, 7) is 4.03. The van der Waals surface area contributed by atoms with Crippen molar-refractivity contribution >= 4 is 0 Å². The van der Waals surface area contributed by atoms with Gasteiger partial charge in [-0.05, 0) is 17.5 Å². The molecule has 0 atom stereocenters. The SMILES string of the molecule is CC(C)c1cccc(F)c1-c1ncco1. The number of aromatic nitrogens is 1. The van der Waals surface area contributed by atoms with Crippen molar-refractivity contribution in [3.8, 4) is 11.5 Å². The quantitative estimate of drug-likeness (QED) is 0.748. The highest BCUT2D eigenvalue weighted by atomic mass is 19.1. The van der Waals surface area contributed by atoms with Crippen molar-refractivity contribution in [3.63, 3.8) is 0 Å². The van der Waals surface area contributed by atoms with Crippen LogP contribution in [0.25, 0.3) is 11.5 Å². The molecule has 0 saturated heterocycles. The highest BCUT2D eigenvalue weighted by Crippen LogP contribution is 2.30.